The lowest BCUT2D eigenvalue weighted by atomic mass is 9.80. The van der Waals surface area contributed by atoms with Gasteiger partial charge in [0.25, 0.3) is 5.91 Å². The average Bonchev–Trinajstić information content (AvgIpc) is 2.41. The normalized spacial score (nSPS) is 19.1. The number of carbonyl (C=O) groups is 1. The molecule has 1 aliphatic heterocycles. The number of nitrogens with two attached hydrogens (primary N) is 1. The molecule has 19 heavy (non-hydrogen) atoms. The third kappa shape index (κ3) is 3.44. The van der Waals surface area contributed by atoms with Crippen LogP contribution in [0.15, 0.2) is 18.3 Å². The van der Waals surface area contributed by atoms with E-state index in [2.05, 4.69) is 29.2 Å². The van der Waals surface area contributed by atoms with Crippen molar-refractivity contribution < 1.29 is 4.79 Å². The van der Waals surface area contributed by atoms with Crippen molar-refractivity contribution in [3.8, 4) is 0 Å². The quantitative estimate of drug-likeness (QED) is 0.856. The molecule has 0 aliphatic carbocycles. The maximum Gasteiger partial charge on any atom is 0.272 e. The molecule has 0 saturated carbocycles. The highest BCUT2D eigenvalue weighted by atomic mass is 16.1. The molecule has 104 valence electrons. The monoisotopic (exact) mass is 262 g/mol. The summed E-state index contributed by atoms with van der Waals surface area (Å²) in [4.78, 5) is 18.4. The molecule has 1 fully saturated rings. The van der Waals surface area contributed by atoms with Gasteiger partial charge in [0.2, 0.25) is 0 Å². The Labute approximate surface area is 114 Å². The summed E-state index contributed by atoms with van der Waals surface area (Å²) in [6, 6.07) is 3.42. The van der Waals surface area contributed by atoms with E-state index in [0.717, 1.165) is 25.9 Å². The molecular weight excluding hydrogens is 240 g/mol. The van der Waals surface area contributed by atoms with Crippen molar-refractivity contribution in [3.63, 3.8) is 0 Å². The number of amides is 1. The van der Waals surface area contributed by atoms with Gasteiger partial charge in [-0.2, -0.15) is 0 Å². The predicted octanol–water partition coefficient (Wildman–Crippen LogP) is 1.13. The number of hydrogen-bond donors (Lipinski definition) is 2. The molecule has 5 heteroatoms. The van der Waals surface area contributed by atoms with Crippen molar-refractivity contribution in [2.45, 2.75) is 19.8 Å². The molecule has 5 nitrogen and oxygen atoms in total. The van der Waals surface area contributed by atoms with Crippen LogP contribution >= 0.6 is 0 Å². The van der Waals surface area contributed by atoms with Crippen LogP contribution in [0.5, 0.6) is 0 Å². The first-order valence-electron chi connectivity index (χ1n) is 6.67. The number of hydrogen-bond acceptors (Lipinski definition) is 4. The van der Waals surface area contributed by atoms with Crippen LogP contribution in [-0.2, 0) is 0 Å². The maximum absolute atomic E-state index is 12.1. The second kappa shape index (κ2) is 5.57. The van der Waals surface area contributed by atoms with Crippen LogP contribution in [0.2, 0.25) is 0 Å². The molecule has 0 unspecified atom stereocenters. The van der Waals surface area contributed by atoms with Crippen molar-refractivity contribution in [2.75, 3.05) is 32.4 Å². The highest BCUT2D eigenvalue weighted by molar-refractivity contribution is 5.96. The van der Waals surface area contributed by atoms with E-state index in [-0.39, 0.29) is 11.3 Å². The Hall–Kier alpha value is -1.62. The van der Waals surface area contributed by atoms with Gasteiger partial charge in [0.15, 0.2) is 5.69 Å². The van der Waals surface area contributed by atoms with Crippen molar-refractivity contribution in [2.24, 2.45) is 5.41 Å². The van der Waals surface area contributed by atoms with Gasteiger partial charge in [-0.15, -0.1) is 0 Å². The third-order valence-corrected chi connectivity index (χ3v) is 3.92. The van der Waals surface area contributed by atoms with Crippen LogP contribution in [0, 0.1) is 5.41 Å². The Kier molecular flexibility index (Phi) is 4.04. The fraction of sp³-hybridized carbons (Fsp3) is 0.571. The summed E-state index contributed by atoms with van der Waals surface area (Å²) >= 11 is 0. The van der Waals surface area contributed by atoms with E-state index in [9.17, 15) is 4.79 Å². The summed E-state index contributed by atoms with van der Waals surface area (Å²) in [5.41, 5.74) is 6.67. The van der Waals surface area contributed by atoms with Crippen LogP contribution in [-0.4, -0.2) is 42.5 Å². The second-order valence-electron chi connectivity index (χ2n) is 5.74. The Balaban J connectivity index is 1.92. The zero-order chi connectivity index (χ0) is 13.9. The number of carbonyl (C=O) groups excluding carboxylic acids is 1. The van der Waals surface area contributed by atoms with E-state index in [1.807, 2.05) is 0 Å². The van der Waals surface area contributed by atoms with Gasteiger partial charge in [-0.05, 0) is 50.5 Å². The van der Waals surface area contributed by atoms with E-state index in [1.54, 1.807) is 18.3 Å². The molecule has 0 spiro atoms. The topological polar surface area (TPSA) is 71.2 Å². The number of pyridine rings is 1. The van der Waals surface area contributed by atoms with Crippen LogP contribution in [0.1, 0.15) is 30.3 Å². The van der Waals surface area contributed by atoms with Crippen molar-refractivity contribution >= 4 is 11.6 Å². The minimum Gasteiger partial charge on any atom is -0.397 e. The van der Waals surface area contributed by atoms with Crippen molar-refractivity contribution in [1.29, 1.82) is 0 Å². The van der Waals surface area contributed by atoms with Gasteiger partial charge in [0.05, 0.1) is 5.69 Å². The number of rotatable bonds is 3. The highest BCUT2D eigenvalue weighted by Gasteiger charge is 2.29. The van der Waals surface area contributed by atoms with Crippen molar-refractivity contribution in [3.05, 3.63) is 24.0 Å². The number of aromatic nitrogens is 1. The molecule has 1 saturated heterocycles. The van der Waals surface area contributed by atoms with Crippen LogP contribution in [0.25, 0.3) is 0 Å². The lowest BCUT2D eigenvalue weighted by Gasteiger charge is -2.37. The smallest absolute Gasteiger partial charge is 0.272 e. The standard InChI is InChI=1S/C14H22N4O/c1-14(5-8-18(2)9-6-14)10-17-13(19)12-11(15)4-3-7-16-12/h3-4,7H,5-6,8-10,15H2,1-2H3,(H,17,19). The molecule has 1 amide bonds. The Morgan fingerprint density at radius 2 is 2.21 bits per heavy atom. The first kappa shape index (κ1) is 13.8. The Morgan fingerprint density at radius 1 is 1.53 bits per heavy atom. The molecule has 2 heterocycles. The lowest BCUT2D eigenvalue weighted by Crippen LogP contribution is -2.43. The van der Waals surface area contributed by atoms with E-state index in [4.69, 9.17) is 5.73 Å². The Bertz CT molecular complexity index is 453. The highest BCUT2D eigenvalue weighted by Crippen LogP contribution is 2.29. The van der Waals surface area contributed by atoms with Crippen LogP contribution in [0.3, 0.4) is 0 Å². The van der Waals surface area contributed by atoms with E-state index < -0.39 is 0 Å². The summed E-state index contributed by atoms with van der Waals surface area (Å²) < 4.78 is 0. The molecule has 3 N–H and O–H groups in total. The van der Waals surface area contributed by atoms with E-state index >= 15 is 0 Å². The van der Waals surface area contributed by atoms with Gasteiger partial charge in [0, 0.05) is 12.7 Å². The van der Waals surface area contributed by atoms with Gasteiger partial charge in [-0.1, -0.05) is 6.92 Å². The third-order valence-electron chi connectivity index (χ3n) is 3.92. The number of nitrogens with one attached hydrogen (secondary N) is 1. The van der Waals surface area contributed by atoms with Crippen LogP contribution < -0.4 is 11.1 Å². The summed E-state index contributed by atoms with van der Waals surface area (Å²) in [5, 5.41) is 2.96. The zero-order valence-corrected chi connectivity index (χ0v) is 11.6. The summed E-state index contributed by atoms with van der Waals surface area (Å²) in [6.07, 6.45) is 3.78. The first-order valence-corrected chi connectivity index (χ1v) is 6.67. The summed E-state index contributed by atoms with van der Waals surface area (Å²) in [5.74, 6) is -0.182. The molecule has 2 rings (SSSR count). The fourth-order valence-electron chi connectivity index (χ4n) is 2.32. The van der Waals surface area contributed by atoms with Gasteiger partial charge in [0.1, 0.15) is 0 Å². The predicted molar refractivity (Wildman–Crippen MR) is 75.8 cm³/mol. The molecular formula is C14H22N4O. The fourth-order valence-corrected chi connectivity index (χ4v) is 2.32. The summed E-state index contributed by atoms with van der Waals surface area (Å²) in [6.45, 7) is 5.06. The van der Waals surface area contributed by atoms with Crippen molar-refractivity contribution in [1.82, 2.24) is 15.2 Å². The van der Waals surface area contributed by atoms with Gasteiger partial charge >= 0.3 is 0 Å². The molecule has 0 aromatic carbocycles. The molecule has 1 aromatic rings. The van der Waals surface area contributed by atoms with Crippen LogP contribution in [0.4, 0.5) is 5.69 Å². The first-order chi connectivity index (χ1) is 9.00. The SMILES string of the molecule is CN1CCC(C)(CNC(=O)c2ncccc2N)CC1. The number of nitrogens with zero attached hydrogens (tertiary/aromatic N) is 2. The minimum atomic E-state index is -0.182. The minimum absolute atomic E-state index is 0.172. The van der Waals surface area contributed by atoms with Gasteiger partial charge < -0.3 is 16.0 Å². The largest absolute Gasteiger partial charge is 0.397 e. The number of anilines is 1. The molecule has 0 radical (unpaired) electrons. The molecule has 1 aromatic heterocycles. The number of piperidine rings is 1. The molecule has 0 atom stereocenters. The Morgan fingerprint density at radius 3 is 2.84 bits per heavy atom. The number of likely N-dealkylation sites (tertiary alicyclic amines) is 1. The average molecular weight is 262 g/mol. The maximum atomic E-state index is 12.1. The summed E-state index contributed by atoms with van der Waals surface area (Å²) in [7, 11) is 2.13. The van der Waals surface area contributed by atoms with E-state index in [1.165, 1.54) is 0 Å². The van der Waals surface area contributed by atoms with Gasteiger partial charge in [-0.25, -0.2) is 4.98 Å². The second-order valence-corrected chi connectivity index (χ2v) is 5.74. The lowest BCUT2D eigenvalue weighted by molar-refractivity contribution is 0.0888. The van der Waals surface area contributed by atoms with E-state index in [0.29, 0.717) is 17.9 Å². The zero-order valence-electron chi connectivity index (χ0n) is 11.6. The van der Waals surface area contributed by atoms with Gasteiger partial charge in [-0.3, -0.25) is 4.79 Å². The molecule has 0 bridgehead atoms. The molecule has 1 aliphatic rings. The number of nitrogen functional groups attached to an aromatic ring is 1.